The number of halogens is 2. The summed E-state index contributed by atoms with van der Waals surface area (Å²) in [4.78, 5) is 0. The number of aryl methyl sites for hydroxylation is 1. The number of rotatable bonds is 1. The van der Waals surface area contributed by atoms with Gasteiger partial charge in [-0.1, -0.05) is 18.2 Å². The molecule has 0 unspecified atom stereocenters. The summed E-state index contributed by atoms with van der Waals surface area (Å²) in [5, 5.41) is 3.18. The van der Waals surface area contributed by atoms with Crippen LogP contribution in [-0.2, 0) is 18.9 Å². The number of fused-ring (bicyclic) bond motifs is 1. The molecule has 82 valence electrons. The Hall–Kier alpha value is -0.960. The van der Waals surface area contributed by atoms with Gasteiger partial charge in [-0.15, -0.1) is 0 Å². The lowest BCUT2D eigenvalue weighted by molar-refractivity contribution is 0.0164. The van der Waals surface area contributed by atoms with Crippen molar-refractivity contribution >= 4 is 0 Å². The van der Waals surface area contributed by atoms with E-state index in [1.54, 1.807) is 6.07 Å². The number of nitrogens with one attached hydrogen (secondary N) is 1. The Kier molecular flexibility index (Phi) is 2.74. The van der Waals surface area contributed by atoms with Crippen LogP contribution in [0.1, 0.15) is 30.0 Å². The van der Waals surface area contributed by atoms with Crippen molar-refractivity contribution in [2.24, 2.45) is 0 Å². The fraction of sp³-hybridized carbons (Fsp3) is 0.500. The lowest BCUT2D eigenvalue weighted by Gasteiger charge is -2.17. The highest BCUT2D eigenvalue weighted by molar-refractivity contribution is 5.38. The van der Waals surface area contributed by atoms with Crippen molar-refractivity contribution < 1.29 is 8.78 Å². The first-order valence-electron chi connectivity index (χ1n) is 5.29. The Morgan fingerprint density at radius 3 is 2.87 bits per heavy atom. The smallest absolute Gasteiger partial charge is 0.270 e. The van der Waals surface area contributed by atoms with Gasteiger partial charge in [0.15, 0.2) is 0 Å². The van der Waals surface area contributed by atoms with E-state index in [1.165, 1.54) is 6.07 Å². The van der Waals surface area contributed by atoms with E-state index >= 15 is 0 Å². The van der Waals surface area contributed by atoms with E-state index in [2.05, 4.69) is 5.32 Å². The van der Waals surface area contributed by atoms with Crippen LogP contribution in [0.15, 0.2) is 18.2 Å². The Morgan fingerprint density at radius 2 is 2.13 bits per heavy atom. The lowest BCUT2D eigenvalue weighted by Crippen LogP contribution is -2.17. The zero-order chi connectivity index (χ0) is 10.9. The van der Waals surface area contributed by atoms with Crippen LogP contribution in [0.4, 0.5) is 8.78 Å². The summed E-state index contributed by atoms with van der Waals surface area (Å²) in [6.07, 6.45) is 1.91. The molecule has 2 rings (SSSR count). The molecule has 1 nitrogen and oxygen atoms in total. The zero-order valence-electron chi connectivity index (χ0n) is 8.82. The molecular formula is C12H15F2N. The van der Waals surface area contributed by atoms with Crippen LogP contribution in [0.3, 0.4) is 0 Å². The van der Waals surface area contributed by atoms with E-state index < -0.39 is 5.92 Å². The summed E-state index contributed by atoms with van der Waals surface area (Å²) in [5.74, 6) is -2.74. The molecule has 3 heteroatoms. The molecule has 1 heterocycles. The average molecular weight is 211 g/mol. The van der Waals surface area contributed by atoms with E-state index in [9.17, 15) is 8.78 Å². The van der Waals surface area contributed by atoms with E-state index in [0.29, 0.717) is 6.54 Å². The molecule has 0 radical (unpaired) electrons. The molecular weight excluding hydrogens is 196 g/mol. The molecule has 0 bridgehead atoms. The summed E-state index contributed by atoms with van der Waals surface area (Å²) in [5.41, 5.74) is 2.04. The highest BCUT2D eigenvalue weighted by Gasteiger charge is 2.28. The van der Waals surface area contributed by atoms with E-state index in [-0.39, 0.29) is 5.56 Å². The first kappa shape index (κ1) is 10.6. The maximum atomic E-state index is 13.3. The first-order chi connectivity index (χ1) is 7.09. The predicted octanol–water partition coefficient (Wildman–Crippen LogP) is 2.83. The molecule has 0 aliphatic carbocycles. The average Bonchev–Trinajstić information content (AvgIpc) is 2.39. The highest BCUT2D eigenvalue weighted by atomic mass is 19.3. The second-order valence-electron chi connectivity index (χ2n) is 4.11. The van der Waals surface area contributed by atoms with Gasteiger partial charge in [-0.05, 0) is 30.5 Å². The number of alkyl halides is 2. The number of hydrogen-bond acceptors (Lipinski definition) is 1. The Balaban J connectivity index is 2.48. The minimum atomic E-state index is -2.74. The molecule has 1 aromatic carbocycles. The fourth-order valence-electron chi connectivity index (χ4n) is 2.11. The van der Waals surface area contributed by atoms with Crippen LogP contribution >= 0.6 is 0 Å². The van der Waals surface area contributed by atoms with Gasteiger partial charge in [0, 0.05) is 19.0 Å². The molecule has 0 atom stereocenters. The van der Waals surface area contributed by atoms with Gasteiger partial charge in [0.05, 0.1) is 0 Å². The van der Waals surface area contributed by atoms with Crippen molar-refractivity contribution in [3.8, 4) is 0 Å². The van der Waals surface area contributed by atoms with Crippen molar-refractivity contribution in [1.29, 1.82) is 0 Å². The number of hydrogen-bond donors (Lipinski definition) is 1. The van der Waals surface area contributed by atoms with Crippen LogP contribution in [-0.4, -0.2) is 6.54 Å². The van der Waals surface area contributed by atoms with Crippen LogP contribution in [0.5, 0.6) is 0 Å². The van der Waals surface area contributed by atoms with Crippen molar-refractivity contribution in [3.63, 3.8) is 0 Å². The lowest BCUT2D eigenvalue weighted by atomic mass is 9.95. The van der Waals surface area contributed by atoms with Crippen molar-refractivity contribution in [2.75, 3.05) is 6.54 Å². The molecule has 1 aromatic rings. The molecule has 0 amide bonds. The van der Waals surface area contributed by atoms with Crippen LogP contribution < -0.4 is 5.32 Å². The molecule has 1 aliphatic heterocycles. The quantitative estimate of drug-likeness (QED) is 0.753. The third-order valence-electron chi connectivity index (χ3n) is 2.85. The van der Waals surface area contributed by atoms with Gasteiger partial charge >= 0.3 is 0 Å². The summed E-state index contributed by atoms with van der Waals surface area (Å²) in [6, 6.07) is 5.22. The molecule has 0 spiro atoms. The minimum absolute atomic E-state index is 0.175. The van der Waals surface area contributed by atoms with Gasteiger partial charge in [0.2, 0.25) is 0 Å². The van der Waals surface area contributed by atoms with Crippen molar-refractivity contribution in [1.82, 2.24) is 5.32 Å². The van der Waals surface area contributed by atoms with Crippen molar-refractivity contribution in [2.45, 2.75) is 32.2 Å². The second-order valence-corrected chi connectivity index (χ2v) is 4.11. The van der Waals surface area contributed by atoms with Gasteiger partial charge in [-0.25, -0.2) is 8.78 Å². The SMILES string of the molecule is CC(F)(F)c1cccc2c1CNCCC2. The zero-order valence-corrected chi connectivity index (χ0v) is 8.82. The summed E-state index contributed by atoms with van der Waals surface area (Å²) in [6.45, 7) is 2.44. The first-order valence-corrected chi connectivity index (χ1v) is 5.29. The number of benzene rings is 1. The van der Waals surface area contributed by atoms with Gasteiger partial charge in [-0.2, -0.15) is 0 Å². The largest absolute Gasteiger partial charge is 0.313 e. The maximum Gasteiger partial charge on any atom is 0.270 e. The molecule has 0 fully saturated rings. The Bertz CT molecular complexity index is 355. The summed E-state index contributed by atoms with van der Waals surface area (Å²) < 4.78 is 26.7. The van der Waals surface area contributed by atoms with Crippen molar-refractivity contribution in [3.05, 3.63) is 34.9 Å². The van der Waals surface area contributed by atoms with Gasteiger partial charge in [0.1, 0.15) is 0 Å². The van der Waals surface area contributed by atoms with Gasteiger partial charge in [0.25, 0.3) is 5.92 Å². The molecule has 0 aromatic heterocycles. The van der Waals surface area contributed by atoms with Crippen LogP contribution in [0.2, 0.25) is 0 Å². The van der Waals surface area contributed by atoms with E-state index in [1.807, 2.05) is 6.07 Å². The minimum Gasteiger partial charge on any atom is -0.313 e. The predicted molar refractivity (Wildman–Crippen MR) is 56.0 cm³/mol. The molecule has 1 aliphatic rings. The normalized spacial score (nSPS) is 17.0. The molecule has 0 saturated heterocycles. The molecule has 1 N–H and O–H groups in total. The topological polar surface area (TPSA) is 12.0 Å². The molecule has 0 saturated carbocycles. The Labute approximate surface area is 88.5 Å². The van der Waals surface area contributed by atoms with Crippen LogP contribution in [0, 0.1) is 0 Å². The highest BCUT2D eigenvalue weighted by Crippen LogP contribution is 2.32. The third-order valence-corrected chi connectivity index (χ3v) is 2.85. The standard InChI is InChI=1S/C12H15F2N/c1-12(13,14)11-6-2-4-9-5-3-7-15-8-10(9)11/h2,4,6,15H,3,5,7-8H2,1H3. The van der Waals surface area contributed by atoms with Crippen LogP contribution in [0.25, 0.3) is 0 Å². The summed E-state index contributed by atoms with van der Waals surface area (Å²) in [7, 11) is 0. The monoisotopic (exact) mass is 211 g/mol. The third kappa shape index (κ3) is 2.17. The van der Waals surface area contributed by atoms with Gasteiger partial charge < -0.3 is 5.32 Å². The maximum absolute atomic E-state index is 13.3. The second kappa shape index (κ2) is 3.89. The molecule has 15 heavy (non-hydrogen) atoms. The Morgan fingerprint density at radius 1 is 1.33 bits per heavy atom. The van der Waals surface area contributed by atoms with Gasteiger partial charge in [-0.3, -0.25) is 0 Å². The summed E-state index contributed by atoms with van der Waals surface area (Å²) >= 11 is 0. The van der Waals surface area contributed by atoms with E-state index in [4.69, 9.17) is 0 Å². The fourth-order valence-corrected chi connectivity index (χ4v) is 2.11. The van der Waals surface area contributed by atoms with E-state index in [0.717, 1.165) is 37.4 Å².